The normalized spacial score (nSPS) is 11.4. The molecule has 0 radical (unpaired) electrons. The van der Waals surface area contributed by atoms with Crippen molar-refractivity contribution in [2.45, 2.75) is 19.9 Å². The molecule has 5 nitrogen and oxygen atoms in total. The highest BCUT2D eigenvalue weighted by molar-refractivity contribution is 5.96. The fraction of sp³-hybridized carbons (Fsp3) is 0.167. The van der Waals surface area contributed by atoms with Crippen molar-refractivity contribution in [3.05, 3.63) is 95.6 Å². The smallest absolute Gasteiger partial charge is 0.251 e. The molecule has 0 aliphatic carbocycles. The van der Waals surface area contributed by atoms with Crippen LogP contribution in [0.15, 0.2) is 78.9 Å². The maximum Gasteiger partial charge on any atom is 0.251 e. The molecule has 0 aromatic heterocycles. The minimum Gasteiger partial charge on any atom is -0.376 e. The molecule has 3 aromatic carbocycles. The SMILES string of the molecule is Cc1ccc(NC(=O)CNc2cccc(C(=O)NC(C)c3ccccc3)c2)cc1. The summed E-state index contributed by atoms with van der Waals surface area (Å²) in [4.78, 5) is 24.7. The summed E-state index contributed by atoms with van der Waals surface area (Å²) in [7, 11) is 0. The van der Waals surface area contributed by atoms with E-state index in [-0.39, 0.29) is 24.4 Å². The van der Waals surface area contributed by atoms with Crippen molar-refractivity contribution in [2.75, 3.05) is 17.2 Å². The summed E-state index contributed by atoms with van der Waals surface area (Å²) in [5.41, 5.74) is 4.19. The van der Waals surface area contributed by atoms with E-state index in [1.165, 1.54) is 0 Å². The van der Waals surface area contributed by atoms with Gasteiger partial charge in [0.2, 0.25) is 5.91 Å². The lowest BCUT2D eigenvalue weighted by molar-refractivity contribution is -0.114. The van der Waals surface area contributed by atoms with Gasteiger partial charge in [0.15, 0.2) is 0 Å². The van der Waals surface area contributed by atoms with E-state index in [1.54, 1.807) is 18.2 Å². The number of benzene rings is 3. The zero-order valence-electron chi connectivity index (χ0n) is 16.6. The average molecular weight is 387 g/mol. The molecule has 5 heteroatoms. The average Bonchev–Trinajstić information content (AvgIpc) is 2.74. The first-order chi connectivity index (χ1) is 14.0. The van der Waals surface area contributed by atoms with Gasteiger partial charge < -0.3 is 16.0 Å². The molecule has 2 amide bonds. The van der Waals surface area contributed by atoms with Crippen LogP contribution in [-0.2, 0) is 4.79 Å². The molecule has 29 heavy (non-hydrogen) atoms. The second-order valence-electron chi connectivity index (χ2n) is 6.95. The van der Waals surface area contributed by atoms with Crippen molar-refractivity contribution in [3.63, 3.8) is 0 Å². The molecule has 0 saturated heterocycles. The van der Waals surface area contributed by atoms with E-state index in [2.05, 4.69) is 16.0 Å². The number of amides is 2. The molecule has 0 bridgehead atoms. The van der Waals surface area contributed by atoms with Crippen LogP contribution in [0.2, 0.25) is 0 Å². The van der Waals surface area contributed by atoms with Crippen LogP contribution in [0.1, 0.15) is 34.5 Å². The zero-order valence-corrected chi connectivity index (χ0v) is 16.6. The lowest BCUT2D eigenvalue weighted by Gasteiger charge is -2.15. The minimum absolute atomic E-state index is 0.0967. The van der Waals surface area contributed by atoms with Gasteiger partial charge in [0.05, 0.1) is 12.6 Å². The van der Waals surface area contributed by atoms with Gasteiger partial charge in [-0.2, -0.15) is 0 Å². The Morgan fingerprint density at radius 1 is 0.862 bits per heavy atom. The number of carbonyl (C=O) groups excluding carboxylic acids is 2. The Labute approximate surface area is 171 Å². The van der Waals surface area contributed by atoms with Gasteiger partial charge in [-0.15, -0.1) is 0 Å². The molecule has 3 rings (SSSR count). The number of aryl methyl sites for hydroxylation is 1. The van der Waals surface area contributed by atoms with Crippen LogP contribution in [0.4, 0.5) is 11.4 Å². The van der Waals surface area contributed by atoms with Crippen molar-refractivity contribution in [1.82, 2.24) is 5.32 Å². The van der Waals surface area contributed by atoms with Gasteiger partial charge >= 0.3 is 0 Å². The van der Waals surface area contributed by atoms with E-state index in [1.807, 2.05) is 74.5 Å². The third-order valence-corrected chi connectivity index (χ3v) is 4.56. The highest BCUT2D eigenvalue weighted by atomic mass is 16.2. The van der Waals surface area contributed by atoms with Gasteiger partial charge in [0, 0.05) is 16.9 Å². The second-order valence-corrected chi connectivity index (χ2v) is 6.95. The molecule has 3 N–H and O–H groups in total. The summed E-state index contributed by atoms with van der Waals surface area (Å²) >= 11 is 0. The maximum atomic E-state index is 12.6. The third-order valence-electron chi connectivity index (χ3n) is 4.56. The van der Waals surface area contributed by atoms with Gasteiger partial charge in [-0.1, -0.05) is 54.1 Å². The lowest BCUT2D eigenvalue weighted by Crippen LogP contribution is -2.26. The molecule has 148 valence electrons. The fourth-order valence-corrected chi connectivity index (χ4v) is 2.90. The van der Waals surface area contributed by atoms with Crippen molar-refractivity contribution in [2.24, 2.45) is 0 Å². The molecule has 1 atom stereocenters. The Morgan fingerprint density at radius 2 is 1.59 bits per heavy atom. The highest BCUT2D eigenvalue weighted by Crippen LogP contribution is 2.15. The second kappa shape index (κ2) is 9.55. The van der Waals surface area contributed by atoms with Crippen LogP contribution in [0.25, 0.3) is 0 Å². The maximum absolute atomic E-state index is 12.6. The van der Waals surface area contributed by atoms with Crippen LogP contribution >= 0.6 is 0 Å². The Balaban J connectivity index is 1.55. The molecular weight excluding hydrogens is 362 g/mol. The molecule has 1 unspecified atom stereocenters. The molecule has 0 aliphatic heterocycles. The number of carbonyl (C=O) groups is 2. The van der Waals surface area contributed by atoms with Gasteiger partial charge in [-0.05, 0) is 49.7 Å². The first-order valence-corrected chi connectivity index (χ1v) is 9.57. The predicted octanol–water partition coefficient (Wildman–Crippen LogP) is 4.54. The Bertz CT molecular complexity index is 969. The van der Waals surface area contributed by atoms with Crippen molar-refractivity contribution in [1.29, 1.82) is 0 Å². The van der Waals surface area contributed by atoms with Gasteiger partial charge in [0.1, 0.15) is 0 Å². The number of hydrogen-bond acceptors (Lipinski definition) is 3. The highest BCUT2D eigenvalue weighted by Gasteiger charge is 2.12. The van der Waals surface area contributed by atoms with Gasteiger partial charge in [-0.3, -0.25) is 9.59 Å². The quantitative estimate of drug-likeness (QED) is 0.558. The third kappa shape index (κ3) is 5.94. The Kier molecular flexibility index (Phi) is 6.63. The fourth-order valence-electron chi connectivity index (χ4n) is 2.90. The molecule has 3 aromatic rings. The minimum atomic E-state index is -0.158. The molecule has 0 saturated carbocycles. The summed E-state index contributed by atoms with van der Waals surface area (Å²) < 4.78 is 0. The zero-order chi connectivity index (χ0) is 20.6. The summed E-state index contributed by atoms with van der Waals surface area (Å²) in [6.45, 7) is 4.06. The van der Waals surface area contributed by atoms with Crippen LogP contribution < -0.4 is 16.0 Å². The molecule has 0 aliphatic rings. The molecule has 0 heterocycles. The Hall–Kier alpha value is -3.60. The first-order valence-electron chi connectivity index (χ1n) is 9.57. The van der Waals surface area contributed by atoms with Gasteiger partial charge in [-0.25, -0.2) is 0 Å². The lowest BCUT2D eigenvalue weighted by atomic mass is 10.1. The van der Waals surface area contributed by atoms with Crippen molar-refractivity contribution in [3.8, 4) is 0 Å². The van der Waals surface area contributed by atoms with E-state index >= 15 is 0 Å². The summed E-state index contributed by atoms with van der Waals surface area (Å²) in [6, 6.07) is 24.5. The number of nitrogens with one attached hydrogen (secondary N) is 3. The first kappa shape index (κ1) is 20.1. The van der Waals surface area contributed by atoms with Crippen LogP contribution in [0.5, 0.6) is 0 Å². The van der Waals surface area contributed by atoms with Crippen LogP contribution in [-0.4, -0.2) is 18.4 Å². The number of rotatable bonds is 7. The topological polar surface area (TPSA) is 70.2 Å². The predicted molar refractivity (Wildman–Crippen MR) is 117 cm³/mol. The van der Waals surface area contributed by atoms with Gasteiger partial charge in [0.25, 0.3) is 5.91 Å². The van der Waals surface area contributed by atoms with Crippen molar-refractivity contribution < 1.29 is 9.59 Å². The van der Waals surface area contributed by atoms with E-state index in [0.29, 0.717) is 11.3 Å². The number of anilines is 2. The summed E-state index contributed by atoms with van der Waals surface area (Å²) in [5, 5.41) is 8.90. The number of hydrogen-bond donors (Lipinski definition) is 3. The molecular formula is C24H25N3O2. The monoisotopic (exact) mass is 387 g/mol. The molecule has 0 spiro atoms. The van der Waals surface area contributed by atoms with E-state index < -0.39 is 0 Å². The summed E-state index contributed by atoms with van der Waals surface area (Å²) in [6.07, 6.45) is 0. The Morgan fingerprint density at radius 3 is 2.31 bits per heavy atom. The van der Waals surface area contributed by atoms with E-state index in [9.17, 15) is 9.59 Å². The largest absolute Gasteiger partial charge is 0.376 e. The molecule has 0 fully saturated rings. The summed E-state index contributed by atoms with van der Waals surface area (Å²) in [5.74, 6) is -0.310. The van der Waals surface area contributed by atoms with Crippen LogP contribution in [0.3, 0.4) is 0 Å². The van der Waals surface area contributed by atoms with Crippen molar-refractivity contribution >= 4 is 23.2 Å². The van der Waals surface area contributed by atoms with E-state index in [0.717, 1.165) is 16.8 Å². The standard InChI is InChI=1S/C24H25N3O2/c1-17-11-13-21(14-12-17)27-23(28)16-25-22-10-6-9-20(15-22)24(29)26-18(2)19-7-4-3-5-8-19/h3-15,18,25H,16H2,1-2H3,(H,26,29)(H,27,28). The van der Waals surface area contributed by atoms with E-state index in [4.69, 9.17) is 0 Å². The van der Waals surface area contributed by atoms with Crippen LogP contribution in [0, 0.1) is 6.92 Å².